The van der Waals surface area contributed by atoms with Gasteiger partial charge < -0.3 is 15.5 Å². The highest BCUT2D eigenvalue weighted by Gasteiger charge is 2.20. The first-order chi connectivity index (χ1) is 10.7. The summed E-state index contributed by atoms with van der Waals surface area (Å²) in [7, 11) is 0. The Morgan fingerprint density at radius 1 is 1.45 bits per heavy atom. The average molecular weight is 305 g/mol. The number of aromatic nitrogens is 1. The highest BCUT2D eigenvalue weighted by Crippen LogP contribution is 2.15. The van der Waals surface area contributed by atoms with Crippen molar-refractivity contribution >= 4 is 10.9 Å². The largest absolute Gasteiger partial charge is 0.376 e. The highest BCUT2D eigenvalue weighted by atomic mass is 19.1. The first-order valence-electron chi connectivity index (χ1n) is 7.52. The lowest BCUT2D eigenvalue weighted by Gasteiger charge is -2.32. The molecule has 0 aliphatic carbocycles. The van der Waals surface area contributed by atoms with Crippen LogP contribution in [0.5, 0.6) is 0 Å². The Bertz CT molecular complexity index is 714. The highest BCUT2D eigenvalue weighted by molar-refractivity contribution is 5.78. The smallest absolute Gasteiger partial charge is 0.189 e. The second-order valence-corrected chi connectivity index (χ2v) is 5.63. The van der Waals surface area contributed by atoms with E-state index in [1.807, 2.05) is 0 Å². The third kappa shape index (κ3) is 3.19. The maximum atomic E-state index is 13.9. The SMILES string of the molecule is NCC[C@H]1CN(Cc2cc(=O)c3cccc(F)c3[nH]2)CCO1. The standard InChI is InChI=1S/C16H20FN3O2/c17-14-3-1-2-13-15(21)8-11(19-16(13)14)9-20-6-7-22-12(10-20)4-5-18/h1-3,8,12H,4-7,9-10,18H2,(H,19,21)/t12-/m0/s1. The van der Waals surface area contributed by atoms with Crippen LogP contribution < -0.4 is 11.2 Å². The molecule has 0 saturated carbocycles. The van der Waals surface area contributed by atoms with Crippen LogP contribution in [0.1, 0.15) is 12.1 Å². The number of hydrogen-bond acceptors (Lipinski definition) is 4. The van der Waals surface area contributed by atoms with Crippen molar-refractivity contribution < 1.29 is 9.13 Å². The summed E-state index contributed by atoms with van der Waals surface area (Å²) in [6.45, 7) is 3.38. The van der Waals surface area contributed by atoms with Gasteiger partial charge in [0.05, 0.1) is 18.2 Å². The summed E-state index contributed by atoms with van der Waals surface area (Å²) in [4.78, 5) is 17.4. The van der Waals surface area contributed by atoms with Crippen LogP contribution in [0.4, 0.5) is 4.39 Å². The van der Waals surface area contributed by atoms with Crippen LogP contribution in [0.15, 0.2) is 29.1 Å². The molecule has 0 radical (unpaired) electrons. The van der Waals surface area contributed by atoms with Crippen molar-refractivity contribution in [3.8, 4) is 0 Å². The summed E-state index contributed by atoms with van der Waals surface area (Å²) in [5.74, 6) is -0.403. The topological polar surface area (TPSA) is 71.3 Å². The summed E-state index contributed by atoms with van der Waals surface area (Å²) < 4.78 is 19.5. The first-order valence-corrected chi connectivity index (χ1v) is 7.52. The molecule has 118 valence electrons. The van der Waals surface area contributed by atoms with Gasteiger partial charge >= 0.3 is 0 Å². The summed E-state index contributed by atoms with van der Waals surface area (Å²) in [5.41, 5.74) is 6.40. The number of morpholine rings is 1. The van der Waals surface area contributed by atoms with E-state index in [2.05, 4.69) is 9.88 Å². The Balaban J connectivity index is 1.82. The van der Waals surface area contributed by atoms with Crippen molar-refractivity contribution in [3.63, 3.8) is 0 Å². The molecule has 1 atom stereocenters. The molecule has 3 N–H and O–H groups in total. The number of benzene rings is 1. The number of pyridine rings is 1. The van der Waals surface area contributed by atoms with E-state index in [9.17, 15) is 9.18 Å². The van der Waals surface area contributed by atoms with Gasteiger partial charge in [-0.3, -0.25) is 9.69 Å². The molecule has 2 heterocycles. The maximum Gasteiger partial charge on any atom is 0.189 e. The number of para-hydroxylation sites is 1. The second kappa shape index (κ2) is 6.56. The van der Waals surface area contributed by atoms with E-state index >= 15 is 0 Å². The summed E-state index contributed by atoms with van der Waals surface area (Å²) in [5, 5.41) is 0.381. The van der Waals surface area contributed by atoms with Gasteiger partial charge in [-0.15, -0.1) is 0 Å². The molecule has 1 fully saturated rings. The summed E-state index contributed by atoms with van der Waals surface area (Å²) >= 11 is 0. The van der Waals surface area contributed by atoms with Gasteiger partial charge in [-0.05, 0) is 25.1 Å². The van der Waals surface area contributed by atoms with Crippen LogP contribution in [-0.2, 0) is 11.3 Å². The average Bonchev–Trinajstić information content (AvgIpc) is 2.49. The van der Waals surface area contributed by atoms with Crippen molar-refractivity contribution in [2.45, 2.75) is 19.1 Å². The molecule has 5 nitrogen and oxygen atoms in total. The molecule has 1 aromatic carbocycles. The van der Waals surface area contributed by atoms with Gasteiger partial charge in [0.15, 0.2) is 5.43 Å². The third-order valence-electron chi connectivity index (χ3n) is 3.98. The van der Waals surface area contributed by atoms with Crippen LogP contribution >= 0.6 is 0 Å². The van der Waals surface area contributed by atoms with Gasteiger partial charge in [-0.25, -0.2) is 4.39 Å². The Morgan fingerprint density at radius 2 is 2.32 bits per heavy atom. The quantitative estimate of drug-likeness (QED) is 0.891. The molecule has 1 aliphatic rings. The predicted octanol–water partition coefficient (Wildman–Crippen LogP) is 1.22. The van der Waals surface area contributed by atoms with E-state index in [0.717, 1.165) is 25.2 Å². The van der Waals surface area contributed by atoms with E-state index < -0.39 is 5.82 Å². The molecule has 1 aliphatic heterocycles. The van der Waals surface area contributed by atoms with E-state index in [-0.39, 0.29) is 17.0 Å². The minimum atomic E-state index is -0.403. The fraction of sp³-hybridized carbons (Fsp3) is 0.438. The van der Waals surface area contributed by atoms with Gasteiger partial charge in [-0.1, -0.05) is 6.07 Å². The molecule has 0 spiro atoms. The first kappa shape index (κ1) is 15.1. The lowest BCUT2D eigenvalue weighted by Crippen LogP contribution is -2.42. The number of nitrogens with one attached hydrogen (secondary N) is 1. The zero-order chi connectivity index (χ0) is 15.5. The van der Waals surface area contributed by atoms with Crippen molar-refractivity contribution in [2.24, 2.45) is 5.73 Å². The molecular formula is C16H20FN3O2. The zero-order valence-electron chi connectivity index (χ0n) is 12.3. The fourth-order valence-electron chi connectivity index (χ4n) is 2.90. The minimum Gasteiger partial charge on any atom is -0.376 e. The number of H-pyrrole nitrogens is 1. The number of rotatable bonds is 4. The van der Waals surface area contributed by atoms with Crippen molar-refractivity contribution in [1.29, 1.82) is 0 Å². The molecule has 22 heavy (non-hydrogen) atoms. The van der Waals surface area contributed by atoms with E-state index in [0.29, 0.717) is 25.1 Å². The Morgan fingerprint density at radius 3 is 3.14 bits per heavy atom. The molecular weight excluding hydrogens is 285 g/mol. The summed E-state index contributed by atoms with van der Waals surface area (Å²) in [6, 6.07) is 6.09. The van der Waals surface area contributed by atoms with Crippen LogP contribution in [0.2, 0.25) is 0 Å². The van der Waals surface area contributed by atoms with E-state index in [1.54, 1.807) is 18.2 Å². The van der Waals surface area contributed by atoms with Crippen LogP contribution in [0.25, 0.3) is 10.9 Å². The lowest BCUT2D eigenvalue weighted by molar-refractivity contribution is -0.0338. The maximum absolute atomic E-state index is 13.9. The molecule has 0 amide bonds. The molecule has 0 unspecified atom stereocenters. The number of fused-ring (bicyclic) bond motifs is 1. The third-order valence-corrected chi connectivity index (χ3v) is 3.98. The number of ether oxygens (including phenoxy) is 1. The number of nitrogens with two attached hydrogens (primary N) is 1. The normalized spacial score (nSPS) is 19.6. The summed E-state index contributed by atoms with van der Waals surface area (Å²) in [6.07, 6.45) is 0.946. The van der Waals surface area contributed by atoms with Crippen LogP contribution in [-0.4, -0.2) is 42.2 Å². The van der Waals surface area contributed by atoms with Crippen molar-refractivity contribution in [2.75, 3.05) is 26.2 Å². The number of nitrogens with zero attached hydrogens (tertiary/aromatic N) is 1. The van der Waals surface area contributed by atoms with Crippen molar-refractivity contribution in [3.05, 3.63) is 46.0 Å². The van der Waals surface area contributed by atoms with E-state index in [1.165, 1.54) is 6.07 Å². The predicted molar refractivity (Wildman–Crippen MR) is 83.2 cm³/mol. The van der Waals surface area contributed by atoms with Gasteiger partial charge in [0.2, 0.25) is 0 Å². The van der Waals surface area contributed by atoms with Gasteiger partial charge in [0.25, 0.3) is 0 Å². The minimum absolute atomic E-state index is 0.127. The second-order valence-electron chi connectivity index (χ2n) is 5.63. The van der Waals surface area contributed by atoms with Gasteiger partial charge in [0, 0.05) is 36.8 Å². The Kier molecular flexibility index (Phi) is 4.52. The Hall–Kier alpha value is -1.76. The number of hydrogen-bond donors (Lipinski definition) is 2. The van der Waals surface area contributed by atoms with Gasteiger partial charge in [-0.2, -0.15) is 0 Å². The molecule has 3 rings (SSSR count). The van der Waals surface area contributed by atoms with Gasteiger partial charge in [0.1, 0.15) is 5.82 Å². The lowest BCUT2D eigenvalue weighted by atomic mass is 10.1. The van der Waals surface area contributed by atoms with Crippen LogP contribution in [0, 0.1) is 5.82 Å². The van der Waals surface area contributed by atoms with Crippen molar-refractivity contribution in [1.82, 2.24) is 9.88 Å². The number of aromatic amines is 1. The number of halogens is 1. The Labute approximate surface area is 127 Å². The molecule has 0 bridgehead atoms. The molecule has 1 saturated heterocycles. The van der Waals surface area contributed by atoms with E-state index in [4.69, 9.17) is 10.5 Å². The molecule has 1 aromatic heterocycles. The van der Waals surface area contributed by atoms with Crippen LogP contribution in [0.3, 0.4) is 0 Å². The fourth-order valence-corrected chi connectivity index (χ4v) is 2.90. The zero-order valence-corrected chi connectivity index (χ0v) is 12.3. The molecule has 6 heteroatoms. The monoisotopic (exact) mass is 305 g/mol. The molecule has 2 aromatic rings.